The van der Waals surface area contributed by atoms with E-state index in [4.69, 9.17) is 4.74 Å². The maximum Gasteiger partial charge on any atom is 0.265 e. The van der Waals surface area contributed by atoms with Crippen LogP contribution >= 0.6 is 15.9 Å². The molecule has 0 saturated heterocycles. The fourth-order valence-electron chi connectivity index (χ4n) is 1.46. The van der Waals surface area contributed by atoms with Gasteiger partial charge in [-0.05, 0) is 25.1 Å². The third-order valence-corrected chi connectivity index (χ3v) is 2.86. The molecule has 1 N–H and O–H groups in total. The van der Waals surface area contributed by atoms with Crippen LogP contribution < -0.4 is 10.1 Å². The number of halogens is 1. The monoisotopic (exact) mass is 283 g/mol. The Morgan fingerprint density at radius 2 is 2.31 bits per heavy atom. The molecule has 84 valence electrons. The van der Waals surface area contributed by atoms with E-state index in [1.165, 1.54) is 0 Å². The molecule has 16 heavy (non-hydrogen) atoms. The van der Waals surface area contributed by atoms with E-state index in [1.807, 2.05) is 0 Å². The number of Topliss-reactive ketones (excluding diaryl/α,β-unsaturated/α-hetero) is 1. The van der Waals surface area contributed by atoms with Gasteiger partial charge in [0.05, 0.1) is 11.0 Å². The molecule has 0 unspecified atom stereocenters. The van der Waals surface area contributed by atoms with Crippen molar-refractivity contribution in [3.05, 3.63) is 23.8 Å². The number of alkyl halides is 1. The van der Waals surface area contributed by atoms with Gasteiger partial charge in [0.15, 0.2) is 11.9 Å². The number of ether oxygens (including phenoxy) is 1. The number of anilines is 1. The number of fused-ring (bicyclic) bond motifs is 1. The van der Waals surface area contributed by atoms with Crippen LogP contribution in [-0.2, 0) is 4.79 Å². The molecule has 2 rings (SSSR count). The number of carbonyl (C=O) groups excluding carboxylic acids is 2. The second-order valence-electron chi connectivity index (χ2n) is 3.52. The highest BCUT2D eigenvalue weighted by Crippen LogP contribution is 2.30. The summed E-state index contributed by atoms with van der Waals surface area (Å²) in [5.74, 6) is 0.366. The van der Waals surface area contributed by atoms with Gasteiger partial charge in [-0.25, -0.2) is 0 Å². The molecular formula is C11H10BrNO3. The number of carbonyl (C=O) groups is 2. The standard InChI is InChI=1S/C11H10BrNO3/c1-6-11(15)13-8-4-7(9(14)5-12)2-3-10(8)16-6/h2-4,6H,5H2,1H3,(H,13,15)/t6-/m1/s1. The van der Waals surface area contributed by atoms with Crippen molar-refractivity contribution >= 4 is 33.3 Å². The molecule has 0 radical (unpaired) electrons. The quantitative estimate of drug-likeness (QED) is 0.667. The van der Waals surface area contributed by atoms with Crippen molar-refractivity contribution in [2.75, 3.05) is 10.6 Å². The van der Waals surface area contributed by atoms with Crippen LogP contribution in [0.25, 0.3) is 0 Å². The van der Waals surface area contributed by atoms with Crippen molar-refractivity contribution in [1.29, 1.82) is 0 Å². The zero-order valence-corrected chi connectivity index (χ0v) is 10.2. The van der Waals surface area contributed by atoms with E-state index < -0.39 is 6.10 Å². The highest BCUT2D eigenvalue weighted by Gasteiger charge is 2.23. The van der Waals surface area contributed by atoms with Gasteiger partial charge in [-0.15, -0.1) is 0 Å². The Hall–Kier alpha value is -1.36. The third kappa shape index (κ3) is 1.95. The lowest BCUT2D eigenvalue weighted by Gasteiger charge is -2.23. The van der Waals surface area contributed by atoms with E-state index in [9.17, 15) is 9.59 Å². The average Bonchev–Trinajstić information content (AvgIpc) is 2.29. The lowest BCUT2D eigenvalue weighted by atomic mass is 10.1. The molecule has 1 aromatic carbocycles. The first-order valence-electron chi connectivity index (χ1n) is 4.82. The molecule has 0 aliphatic carbocycles. The molecule has 4 nitrogen and oxygen atoms in total. The molecule has 0 saturated carbocycles. The molecule has 1 amide bonds. The summed E-state index contributed by atoms with van der Waals surface area (Å²) in [6.07, 6.45) is -0.495. The second-order valence-corrected chi connectivity index (χ2v) is 4.08. The van der Waals surface area contributed by atoms with Crippen LogP contribution in [0.5, 0.6) is 5.75 Å². The summed E-state index contributed by atoms with van der Waals surface area (Å²) >= 11 is 3.10. The van der Waals surface area contributed by atoms with Gasteiger partial charge in [-0.2, -0.15) is 0 Å². The lowest BCUT2D eigenvalue weighted by Crippen LogP contribution is -2.34. The number of nitrogens with one attached hydrogen (secondary N) is 1. The molecule has 0 fully saturated rings. The minimum absolute atomic E-state index is 0.0318. The highest BCUT2D eigenvalue weighted by atomic mass is 79.9. The smallest absolute Gasteiger partial charge is 0.265 e. The van der Waals surface area contributed by atoms with E-state index >= 15 is 0 Å². The number of hydrogen-bond acceptors (Lipinski definition) is 3. The summed E-state index contributed by atoms with van der Waals surface area (Å²) in [5, 5.41) is 2.96. The van der Waals surface area contributed by atoms with Crippen LogP contribution in [0.4, 0.5) is 5.69 Å². The minimum atomic E-state index is -0.495. The van der Waals surface area contributed by atoms with Crippen molar-refractivity contribution in [1.82, 2.24) is 0 Å². The van der Waals surface area contributed by atoms with Crippen molar-refractivity contribution in [2.24, 2.45) is 0 Å². The first kappa shape index (κ1) is 11.1. The van der Waals surface area contributed by atoms with Crippen LogP contribution in [-0.4, -0.2) is 23.1 Å². The fourth-order valence-corrected chi connectivity index (χ4v) is 1.78. The molecule has 1 aliphatic rings. The average molecular weight is 284 g/mol. The van der Waals surface area contributed by atoms with Crippen LogP contribution in [0.3, 0.4) is 0 Å². The predicted octanol–water partition coefficient (Wildman–Crippen LogP) is 1.98. The van der Waals surface area contributed by atoms with Crippen LogP contribution in [0, 0.1) is 0 Å². The van der Waals surface area contributed by atoms with E-state index in [1.54, 1.807) is 25.1 Å². The van der Waals surface area contributed by atoms with Crippen molar-refractivity contribution in [3.8, 4) is 5.75 Å². The number of ketones is 1. The summed E-state index contributed by atoms with van der Waals surface area (Å²) in [7, 11) is 0. The van der Waals surface area contributed by atoms with Crippen molar-refractivity contribution in [3.63, 3.8) is 0 Å². The van der Waals surface area contributed by atoms with Crippen molar-refractivity contribution < 1.29 is 14.3 Å². The second kappa shape index (κ2) is 4.25. The molecule has 0 spiro atoms. The molecule has 0 aromatic heterocycles. The first-order valence-corrected chi connectivity index (χ1v) is 5.94. The molecule has 1 atom stereocenters. The Morgan fingerprint density at radius 1 is 1.56 bits per heavy atom. The number of rotatable bonds is 2. The minimum Gasteiger partial charge on any atom is -0.479 e. The van der Waals surface area contributed by atoms with Gasteiger partial charge >= 0.3 is 0 Å². The zero-order valence-electron chi connectivity index (χ0n) is 8.62. The molecule has 5 heteroatoms. The molecular weight excluding hydrogens is 274 g/mol. The van der Waals surface area contributed by atoms with Gasteiger partial charge in [0.25, 0.3) is 5.91 Å². The van der Waals surface area contributed by atoms with Crippen LogP contribution in [0.1, 0.15) is 17.3 Å². The Morgan fingerprint density at radius 3 is 3.00 bits per heavy atom. The largest absolute Gasteiger partial charge is 0.479 e. The van der Waals surface area contributed by atoms with Gasteiger partial charge < -0.3 is 10.1 Å². The summed E-state index contributed by atoms with van der Waals surface area (Å²) in [6.45, 7) is 1.68. The summed E-state index contributed by atoms with van der Waals surface area (Å²) in [5.41, 5.74) is 1.10. The zero-order chi connectivity index (χ0) is 11.7. The number of amides is 1. The molecule has 1 heterocycles. The third-order valence-electron chi connectivity index (χ3n) is 2.35. The normalized spacial score (nSPS) is 18.4. The van der Waals surface area contributed by atoms with Gasteiger partial charge in [0.2, 0.25) is 0 Å². The number of hydrogen-bond donors (Lipinski definition) is 1. The SMILES string of the molecule is C[C@H]1Oc2ccc(C(=O)CBr)cc2NC1=O. The van der Waals surface area contributed by atoms with Gasteiger partial charge in [0, 0.05) is 5.56 Å². The van der Waals surface area contributed by atoms with E-state index in [0.29, 0.717) is 17.0 Å². The topological polar surface area (TPSA) is 55.4 Å². The Bertz CT molecular complexity index is 459. The Kier molecular flexibility index (Phi) is 2.96. The van der Waals surface area contributed by atoms with Gasteiger partial charge in [-0.3, -0.25) is 9.59 Å². The predicted molar refractivity (Wildman–Crippen MR) is 63.3 cm³/mol. The van der Waals surface area contributed by atoms with Crippen molar-refractivity contribution in [2.45, 2.75) is 13.0 Å². The van der Waals surface area contributed by atoms with E-state index in [-0.39, 0.29) is 17.0 Å². The summed E-state index contributed by atoms with van der Waals surface area (Å²) in [4.78, 5) is 22.8. The van der Waals surface area contributed by atoms with E-state index in [2.05, 4.69) is 21.2 Å². The molecule has 1 aromatic rings. The Labute approximate surface area is 101 Å². The van der Waals surface area contributed by atoms with Gasteiger partial charge in [0.1, 0.15) is 5.75 Å². The highest BCUT2D eigenvalue weighted by molar-refractivity contribution is 9.09. The fraction of sp³-hybridized carbons (Fsp3) is 0.273. The first-order chi connectivity index (χ1) is 7.61. The maximum absolute atomic E-state index is 11.4. The van der Waals surface area contributed by atoms with Crippen LogP contribution in [0.15, 0.2) is 18.2 Å². The molecule has 1 aliphatic heterocycles. The molecule has 0 bridgehead atoms. The summed E-state index contributed by atoms with van der Waals surface area (Å²) < 4.78 is 5.38. The summed E-state index contributed by atoms with van der Waals surface area (Å²) in [6, 6.07) is 5.01. The van der Waals surface area contributed by atoms with E-state index in [0.717, 1.165) is 0 Å². The van der Waals surface area contributed by atoms with Crippen LogP contribution in [0.2, 0.25) is 0 Å². The van der Waals surface area contributed by atoms with Gasteiger partial charge in [-0.1, -0.05) is 15.9 Å². The number of benzene rings is 1. The lowest BCUT2D eigenvalue weighted by molar-refractivity contribution is -0.122. The maximum atomic E-state index is 11.4. The Balaban J connectivity index is 2.36.